The van der Waals surface area contributed by atoms with Crippen molar-refractivity contribution >= 4 is 11.6 Å². The van der Waals surface area contributed by atoms with E-state index < -0.39 is 0 Å². The number of hydrogen-bond donors (Lipinski definition) is 3. The normalized spacial score (nSPS) is 14.6. The summed E-state index contributed by atoms with van der Waals surface area (Å²) in [6, 6.07) is 7.53. The summed E-state index contributed by atoms with van der Waals surface area (Å²) in [4.78, 5) is 16.2. The van der Waals surface area contributed by atoms with Gasteiger partial charge in [-0.2, -0.15) is 5.10 Å². The van der Waals surface area contributed by atoms with Crippen LogP contribution in [0.1, 0.15) is 37.9 Å². The lowest BCUT2D eigenvalue weighted by Crippen LogP contribution is -2.16. The molecule has 1 aliphatic carbocycles. The summed E-state index contributed by atoms with van der Waals surface area (Å²) in [5.74, 6) is 2.12. The van der Waals surface area contributed by atoms with Crippen LogP contribution in [0.15, 0.2) is 24.3 Å². The van der Waals surface area contributed by atoms with Gasteiger partial charge in [0.1, 0.15) is 5.82 Å². The molecule has 1 aromatic carbocycles. The molecule has 4 N–H and O–H groups in total. The average Bonchev–Trinajstić information content (AvgIpc) is 2.95. The van der Waals surface area contributed by atoms with Crippen molar-refractivity contribution in [3.05, 3.63) is 30.1 Å². The van der Waals surface area contributed by atoms with Gasteiger partial charge in [0.15, 0.2) is 5.82 Å². The first-order valence-corrected chi connectivity index (χ1v) is 7.76. The minimum Gasteiger partial charge on any atom is -0.326 e. The molecule has 1 heterocycles. The Balaban J connectivity index is 1.55. The molecule has 2 aromatic rings. The number of H-pyrrole nitrogens is 1. The third kappa shape index (κ3) is 3.51. The summed E-state index contributed by atoms with van der Waals surface area (Å²) in [5, 5.41) is 9.83. The number of amides is 1. The van der Waals surface area contributed by atoms with Crippen LogP contribution in [0.25, 0.3) is 11.4 Å². The summed E-state index contributed by atoms with van der Waals surface area (Å²) >= 11 is 0. The Morgan fingerprint density at radius 1 is 1.32 bits per heavy atom. The van der Waals surface area contributed by atoms with E-state index in [9.17, 15) is 4.79 Å². The molecule has 0 unspecified atom stereocenters. The number of hydrogen-bond acceptors (Lipinski definition) is 4. The van der Waals surface area contributed by atoms with Gasteiger partial charge >= 0.3 is 0 Å². The van der Waals surface area contributed by atoms with Crippen LogP contribution in [0.5, 0.6) is 0 Å². The fourth-order valence-corrected chi connectivity index (χ4v) is 2.56. The van der Waals surface area contributed by atoms with E-state index in [-0.39, 0.29) is 5.91 Å². The van der Waals surface area contributed by atoms with Crippen LogP contribution in [0.2, 0.25) is 0 Å². The van der Waals surface area contributed by atoms with Crippen molar-refractivity contribution in [1.82, 2.24) is 15.2 Å². The van der Waals surface area contributed by atoms with Crippen LogP contribution in [0, 0.1) is 5.92 Å². The number of aromatic amines is 1. The van der Waals surface area contributed by atoms with Gasteiger partial charge in [-0.25, -0.2) is 4.98 Å². The van der Waals surface area contributed by atoms with Gasteiger partial charge in [0.2, 0.25) is 5.91 Å². The maximum atomic E-state index is 11.9. The van der Waals surface area contributed by atoms with E-state index in [1.807, 2.05) is 24.3 Å². The number of nitrogens with two attached hydrogens (primary N) is 1. The van der Waals surface area contributed by atoms with E-state index in [1.165, 1.54) is 19.3 Å². The maximum Gasteiger partial charge on any atom is 0.224 e. The van der Waals surface area contributed by atoms with Crippen LogP contribution in [0.4, 0.5) is 5.69 Å². The topological polar surface area (TPSA) is 96.7 Å². The van der Waals surface area contributed by atoms with Gasteiger partial charge in [-0.3, -0.25) is 9.89 Å². The average molecular weight is 299 g/mol. The highest BCUT2D eigenvalue weighted by Crippen LogP contribution is 2.30. The first-order chi connectivity index (χ1) is 10.7. The van der Waals surface area contributed by atoms with Crippen LogP contribution >= 0.6 is 0 Å². The van der Waals surface area contributed by atoms with Crippen molar-refractivity contribution in [1.29, 1.82) is 0 Å². The molecule has 6 nitrogen and oxygen atoms in total. The van der Waals surface area contributed by atoms with Crippen LogP contribution < -0.4 is 11.1 Å². The number of nitrogens with zero attached hydrogens (tertiary/aromatic N) is 2. The second-order valence-electron chi connectivity index (χ2n) is 5.77. The fraction of sp³-hybridized carbons (Fsp3) is 0.438. The summed E-state index contributed by atoms with van der Waals surface area (Å²) in [7, 11) is 0. The van der Waals surface area contributed by atoms with Crippen LogP contribution in [-0.2, 0) is 11.3 Å². The van der Waals surface area contributed by atoms with Crippen molar-refractivity contribution in [3.63, 3.8) is 0 Å². The van der Waals surface area contributed by atoms with Gasteiger partial charge in [-0.05, 0) is 36.6 Å². The van der Waals surface area contributed by atoms with E-state index in [4.69, 9.17) is 5.73 Å². The minimum absolute atomic E-state index is 0.0861. The monoisotopic (exact) mass is 299 g/mol. The number of anilines is 1. The Morgan fingerprint density at radius 3 is 2.68 bits per heavy atom. The van der Waals surface area contributed by atoms with Crippen molar-refractivity contribution in [2.45, 2.75) is 38.6 Å². The smallest absolute Gasteiger partial charge is 0.224 e. The molecule has 1 amide bonds. The Hall–Kier alpha value is -2.21. The van der Waals surface area contributed by atoms with Crippen LogP contribution in [0.3, 0.4) is 0 Å². The van der Waals surface area contributed by atoms with E-state index in [2.05, 4.69) is 20.5 Å². The summed E-state index contributed by atoms with van der Waals surface area (Å²) in [6.07, 6.45) is 5.49. The molecule has 0 spiro atoms. The first-order valence-electron chi connectivity index (χ1n) is 7.76. The highest BCUT2D eigenvalue weighted by Gasteiger charge is 2.18. The Bertz CT molecular complexity index is 630. The predicted octanol–water partition coefficient (Wildman–Crippen LogP) is 2.45. The molecule has 1 aliphatic rings. The second kappa shape index (κ2) is 6.70. The first kappa shape index (κ1) is 14.7. The second-order valence-corrected chi connectivity index (χ2v) is 5.77. The summed E-state index contributed by atoms with van der Waals surface area (Å²) < 4.78 is 0. The van der Waals surface area contributed by atoms with Gasteiger partial charge in [-0.1, -0.05) is 19.3 Å². The van der Waals surface area contributed by atoms with Gasteiger partial charge in [0, 0.05) is 17.7 Å². The lowest BCUT2D eigenvalue weighted by atomic mass is 9.82. The molecule has 22 heavy (non-hydrogen) atoms. The number of benzene rings is 1. The molecule has 1 aromatic heterocycles. The van der Waals surface area contributed by atoms with Crippen LogP contribution in [-0.4, -0.2) is 21.1 Å². The third-order valence-corrected chi connectivity index (χ3v) is 4.16. The van der Waals surface area contributed by atoms with Crippen molar-refractivity contribution in [2.24, 2.45) is 11.7 Å². The molecule has 0 bridgehead atoms. The lowest BCUT2D eigenvalue weighted by molar-refractivity contribution is -0.116. The Labute approximate surface area is 129 Å². The van der Waals surface area contributed by atoms with Gasteiger partial charge in [0.25, 0.3) is 0 Å². The maximum absolute atomic E-state index is 11.9. The van der Waals surface area contributed by atoms with E-state index in [0.29, 0.717) is 24.6 Å². The lowest BCUT2D eigenvalue weighted by Gasteiger charge is -2.24. The molecule has 0 aliphatic heterocycles. The molecule has 1 saturated carbocycles. The number of nitrogens with one attached hydrogen (secondary N) is 2. The van der Waals surface area contributed by atoms with Crippen molar-refractivity contribution in [3.8, 4) is 11.4 Å². The number of carbonyl (C=O) groups excluding carboxylic acids is 1. The van der Waals surface area contributed by atoms with E-state index >= 15 is 0 Å². The molecular weight excluding hydrogens is 278 g/mol. The van der Waals surface area contributed by atoms with Crippen molar-refractivity contribution < 1.29 is 4.79 Å². The molecule has 0 saturated heterocycles. The van der Waals surface area contributed by atoms with Gasteiger partial charge < -0.3 is 11.1 Å². The fourth-order valence-electron chi connectivity index (χ4n) is 2.56. The molecule has 116 valence electrons. The molecule has 0 radical (unpaired) electrons. The van der Waals surface area contributed by atoms with E-state index in [0.717, 1.165) is 23.6 Å². The largest absolute Gasteiger partial charge is 0.326 e. The predicted molar refractivity (Wildman–Crippen MR) is 84.9 cm³/mol. The summed E-state index contributed by atoms with van der Waals surface area (Å²) in [5.41, 5.74) is 7.20. The Morgan fingerprint density at radius 2 is 2.09 bits per heavy atom. The van der Waals surface area contributed by atoms with Gasteiger partial charge in [0.05, 0.1) is 6.54 Å². The zero-order valence-electron chi connectivity index (χ0n) is 12.5. The molecule has 6 heteroatoms. The van der Waals surface area contributed by atoms with Crippen molar-refractivity contribution in [2.75, 3.05) is 5.32 Å². The number of aromatic nitrogens is 3. The highest BCUT2D eigenvalue weighted by molar-refractivity contribution is 5.90. The molecular formula is C16H21N5O. The standard InChI is InChI=1S/C16H21N5O/c17-10-14-19-16(21-20-14)12-5-7-13(8-6-12)18-15(22)9-4-11-2-1-3-11/h5-8,11H,1-4,9-10,17H2,(H,18,22)(H,19,20,21). The molecule has 0 atom stereocenters. The quantitative estimate of drug-likeness (QED) is 0.763. The van der Waals surface area contributed by atoms with E-state index in [1.54, 1.807) is 0 Å². The summed E-state index contributed by atoms with van der Waals surface area (Å²) in [6.45, 7) is 0.335. The van der Waals surface area contributed by atoms with Gasteiger partial charge in [-0.15, -0.1) is 0 Å². The molecule has 3 rings (SSSR count). The zero-order chi connectivity index (χ0) is 15.4. The molecule has 1 fully saturated rings. The highest BCUT2D eigenvalue weighted by atomic mass is 16.1. The minimum atomic E-state index is 0.0861. The Kier molecular flexibility index (Phi) is 4.48. The number of carbonyl (C=O) groups is 1. The zero-order valence-corrected chi connectivity index (χ0v) is 12.5. The SMILES string of the molecule is NCc1nc(-c2ccc(NC(=O)CCC3CCC3)cc2)n[nH]1. The number of rotatable bonds is 6. The third-order valence-electron chi connectivity index (χ3n) is 4.16.